The van der Waals surface area contributed by atoms with Gasteiger partial charge in [-0.15, -0.1) is 0 Å². The number of fused-ring (bicyclic) bond motifs is 1. The summed E-state index contributed by atoms with van der Waals surface area (Å²) in [5.74, 6) is 0.915. The lowest BCUT2D eigenvalue weighted by Gasteiger charge is -2.25. The number of anilines is 1. The SMILES string of the molecule is NC[C@@H]1CCCN1c1nc(Cl)nc2ccccc12. The summed E-state index contributed by atoms with van der Waals surface area (Å²) in [4.78, 5) is 10.9. The zero-order valence-corrected chi connectivity index (χ0v) is 10.8. The lowest BCUT2D eigenvalue weighted by Crippen LogP contribution is -2.36. The highest BCUT2D eigenvalue weighted by Gasteiger charge is 2.26. The molecule has 1 atom stereocenters. The Labute approximate surface area is 111 Å². The number of hydrogen-bond donors (Lipinski definition) is 1. The van der Waals surface area contributed by atoms with Crippen LogP contribution < -0.4 is 10.6 Å². The lowest BCUT2D eigenvalue weighted by atomic mass is 10.2. The van der Waals surface area contributed by atoms with Crippen LogP contribution >= 0.6 is 11.6 Å². The third kappa shape index (κ3) is 1.91. The Morgan fingerprint density at radius 3 is 3.00 bits per heavy atom. The molecule has 0 amide bonds. The fourth-order valence-corrected chi connectivity index (χ4v) is 2.78. The van der Waals surface area contributed by atoms with Crippen molar-refractivity contribution in [1.82, 2.24) is 9.97 Å². The van der Waals surface area contributed by atoms with E-state index >= 15 is 0 Å². The highest BCUT2D eigenvalue weighted by Crippen LogP contribution is 2.30. The van der Waals surface area contributed by atoms with E-state index in [1.807, 2.05) is 24.3 Å². The van der Waals surface area contributed by atoms with Crippen LogP contribution in [0.25, 0.3) is 10.9 Å². The molecule has 0 bridgehead atoms. The summed E-state index contributed by atoms with van der Waals surface area (Å²) in [5.41, 5.74) is 6.71. The van der Waals surface area contributed by atoms with Gasteiger partial charge in [0.05, 0.1) is 5.52 Å². The van der Waals surface area contributed by atoms with Crippen LogP contribution in [0.5, 0.6) is 0 Å². The topological polar surface area (TPSA) is 55.0 Å². The fourth-order valence-electron chi connectivity index (χ4n) is 2.61. The number of para-hydroxylation sites is 1. The minimum atomic E-state index is 0.298. The van der Waals surface area contributed by atoms with Crippen molar-refractivity contribution in [3.8, 4) is 0 Å². The molecular formula is C13H15ClN4. The van der Waals surface area contributed by atoms with E-state index in [9.17, 15) is 0 Å². The average molecular weight is 263 g/mol. The molecule has 1 aromatic carbocycles. The van der Waals surface area contributed by atoms with Gasteiger partial charge in [-0.25, -0.2) is 4.98 Å². The molecule has 4 nitrogen and oxygen atoms in total. The van der Waals surface area contributed by atoms with Gasteiger partial charge in [0.25, 0.3) is 0 Å². The molecule has 18 heavy (non-hydrogen) atoms. The largest absolute Gasteiger partial charge is 0.352 e. The van der Waals surface area contributed by atoms with Crippen molar-refractivity contribution >= 4 is 28.3 Å². The Balaban J connectivity index is 2.15. The van der Waals surface area contributed by atoms with Gasteiger partial charge in [-0.1, -0.05) is 12.1 Å². The van der Waals surface area contributed by atoms with E-state index in [2.05, 4.69) is 14.9 Å². The van der Waals surface area contributed by atoms with E-state index in [1.165, 1.54) is 0 Å². The molecule has 5 heteroatoms. The molecule has 3 rings (SSSR count). The van der Waals surface area contributed by atoms with Crippen molar-refractivity contribution in [2.45, 2.75) is 18.9 Å². The zero-order valence-electron chi connectivity index (χ0n) is 10.0. The summed E-state index contributed by atoms with van der Waals surface area (Å²) in [5, 5.41) is 1.34. The summed E-state index contributed by atoms with van der Waals surface area (Å²) in [6, 6.07) is 8.31. The number of nitrogens with zero attached hydrogens (tertiary/aromatic N) is 3. The number of aromatic nitrogens is 2. The third-order valence-electron chi connectivity index (χ3n) is 3.48. The number of halogens is 1. The predicted octanol–water partition coefficient (Wildman–Crippen LogP) is 2.21. The molecule has 2 aromatic rings. The monoisotopic (exact) mass is 262 g/mol. The third-order valence-corrected chi connectivity index (χ3v) is 3.65. The number of nitrogens with two attached hydrogens (primary N) is 1. The molecule has 0 spiro atoms. The Hall–Kier alpha value is -1.39. The van der Waals surface area contributed by atoms with Crippen LogP contribution in [-0.2, 0) is 0 Å². The van der Waals surface area contributed by atoms with Crippen molar-refractivity contribution in [3.63, 3.8) is 0 Å². The Morgan fingerprint density at radius 2 is 2.17 bits per heavy atom. The first-order chi connectivity index (χ1) is 8.79. The molecule has 1 saturated heterocycles. The van der Waals surface area contributed by atoms with Crippen molar-refractivity contribution in [3.05, 3.63) is 29.5 Å². The highest BCUT2D eigenvalue weighted by molar-refractivity contribution is 6.28. The van der Waals surface area contributed by atoms with Crippen LogP contribution in [-0.4, -0.2) is 29.1 Å². The molecule has 0 unspecified atom stereocenters. The molecule has 94 valence electrons. The molecule has 0 saturated carbocycles. The van der Waals surface area contributed by atoms with Gasteiger partial charge in [0.15, 0.2) is 0 Å². The van der Waals surface area contributed by atoms with Crippen LogP contribution in [0.15, 0.2) is 24.3 Å². The summed E-state index contributed by atoms with van der Waals surface area (Å²) in [7, 11) is 0. The van der Waals surface area contributed by atoms with Gasteiger partial charge in [0, 0.05) is 24.5 Å². The van der Waals surface area contributed by atoms with Gasteiger partial charge in [-0.3, -0.25) is 0 Å². The second kappa shape index (κ2) is 4.71. The van der Waals surface area contributed by atoms with Crippen molar-refractivity contribution < 1.29 is 0 Å². The van der Waals surface area contributed by atoms with Gasteiger partial charge in [0.2, 0.25) is 5.28 Å². The van der Waals surface area contributed by atoms with Gasteiger partial charge >= 0.3 is 0 Å². The number of hydrogen-bond acceptors (Lipinski definition) is 4. The minimum Gasteiger partial charge on any atom is -0.352 e. The van der Waals surface area contributed by atoms with E-state index in [1.54, 1.807) is 0 Å². The fraction of sp³-hybridized carbons (Fsp3) is 0.385. The number of benzene rings is 1. The van der Waals surface area contributed by atoms with Crippen LogP contribution in [0.3, 0.4) is 0 Å². The van der Waals surface area contributed by atoms with E-state index < -0.39 is 0 Å². The maximum atomic E-state index is 6.01. The Bertz CT molecular complexity index is 572. The maximum Gasteiger partial charge on any atom is 0.224 e. The van der Waals surface area contributed by atoms with Gasteiger partial charge in [-0.2, -0.15) is 4.98 Å². The average Bonchev–Trinajstić information content (AvgIpc) is 2.85. The van der Waals surface area contributed by atoms with Crippen LogP contribution in [0, 0.1) is 0 Å². The Kier molecular flexibility index (Phi) is 3.06. The standard InChI is InChI=1S/C13H15ClN4/c14-13-16-11-6-2-1-5-10(11)12(17-13)18-7-3-4-9(18)8-15/h1-2,5-6,9H,3-4,7-8,15H2/t9-/m0/s1. The summed E-state index contributed by atoms with van der Waals surface area (Å²) in [6.45, 7) is 1.63. The summed E-state index contributed by atoms with van der Waals surface area (Å²) < 4.78 is 0. The van der Waals surface area contributed by atoms with Gasteiger partial charge in [-0.05, 0) is 36.6 Å². The van der Waals surface area contributed by atoms with E-state index in [0.717, 1.165) is 36.1 Å². The van der Waals surface area contributed by atoms with Gasteiger partial charge in [0.1, 0.15) is 5.82 Å². The first-order valence-electron chi connectivity index (χ1n) is 6.18. The predicted molar refractivity (Wildman–Crippen MR) is 74.0 cm³/mol. The van der Waals surface area contributed by atoms with Crippen LogP contribution in [0.4, 0.5) is 5.82 Å². The summed E-state index contributed by atoms with van der Waals surface area (Å²) >= 11 is 6.01. The molecule has 2 heterocycles. The molecule has 1 aliphatic heterocycles. The van der Waals surface area contributed by atoms with Crippen LogP contribution in [0.2, 0.25) is 5.28 Å². The zero-order chi connectivity index (χ0) is 12.5. The van der Waals surface area contributed by atoms with Crippen molar-refractivity contribution in [2.75, 3.05) is 18.0 Å². The first-order valence-corrected chi connectivity index (χ1v) is 6.56. The maximum absolute atomic E-state index is 6.01. The smallest absolute Gasteiger partial charge is 0.224 e. The normalized spacial score (nSPS) is 19.7. The molecule has 1 aliphatic rings. The lowest BCUT2D eigenvalue weighted by molar-refractivity contribution is 0.673. The van der Waals surface area contributed by atoms with E-state index in [-0.39, 0.29) is 0 Å². The summed E-state index contributed by atoms with van der Waals surface area (Å²) in [6.07, 6.45) is 2.27. The van der Waals surface area contributed by atoms with Crippen molar-refractivity contribution in [1.29, 1.82) is 0 Å². The molecule has 0 radical (unpaired) electrons. The molecule has 2 N–H and O–H groups in total. The highest BCUT2D eigenvalue weighted by atomic mass is 35.5. The second-order valence-corrected chi connectivity index (χ2v) is 4.90. The van der Waals surface area contributed by atoms with Crippen molar-refractivity contribution in [2.24, 2.45) is 5.73 Å². The quantitative estimate of drug-likeness (QED) is 0.843. The molecule has 1 aromatic heterocycles. The minimum absolute atomic E-state index is 0.298. The van der Waals surface area contributed by atoms with Crippen LogP contribution in [0.1, 0.15) is 12.8 Å². The second-order valence-electron chi connectivity index (χ2n) is 4.56. The van der Waals surface area contributed by atoms with E-state index in [0.29, 0.717) is 17.9 Å². The number of rotatable bonds is 2. The molecular weight excluding hydrogens is 248 g/mol. The van der Waals surface area contributed by atoms with E-state index in [4.69, 9.17) is 17.3 Å². The van der Waals surface area contributed by atoms with Gasteiger partial charge < -0.3 is 10.6 Å². The Morgan fingerprint density at radius 1 is 1.33 bits per heavy atom. The molecule has 1 fully saturated rings. The molecule has 0 aliphatic carbocycles. The first kappa shape index (κ1) is 11.7.